The summed E-state index contributed by atoms with van der Waals surface area (Å²) in [7, 11) is -3.70. The summed E-state index contributed by atoms with van der Waals surface area (Å²) in [4.78, 5) is 6.70. The highest BCUT2D eigenvalue weighted by Crippen LogP contribution is 2.35. The minimum Gasteiger partial charge on any atom is -0.378 e. The topological polar surface area (TPSA) is 64.4 Å². The lowest BCUT2D eigenvalue weighted by molar-refractivity contribution is 0.122. The van der Waals surface area contributed by atoms with Crippen molar-refractivity contribution >= 4 is 42.7 Å². The van der Waals surface area contributed by atoms with Gasteiger partial charge in [0.2, 0.25) is 10.0 Å². The van der Waals surface area contributed by atoms with Crippen LogP contribution >= 0.6 is 15.9 Å². The summed E-state index contributed by atoms with van der Waals surface area (Å²) in [6.45, 7) is 3.15. The van der Waals surface area contributed by atoms with Crippen molar-refractivity contribution in [2.24, 2.45) is 0 Å². The zero-order chi connectivity index (χ0) is 21.4. The van der Waals surface area contributed by atoms with Gasteiger partial charge in [0.15, 0.2) is 5.65 Å². The molecule has 3 heterocycles. The van der Waals surface area contributed by atoms with Gasteiger partial charge in [0, 0.05) is 34.8 Å². The second-order valence-corrected chi connectivity index (χ2v) is 10.5. The van der Waals surface area contributed by atoms with E-state index in [4.69, 9.17) is 4.74 Å². The molecule has 0 radical (unpaired) electrons. The van der Waals surface area contributed by atoms with E-state index in [0.717, 1.165) is 47.4 Å². The maximum absolute atomic E-state index is 13.7. The number of aromatic nitrogens is 2. The fourth-order valence-electron chi connectivity index (χ4n) is 4.08. The maximum Gasteiger partial charge on any atom is 0.247 e. The number of hydrogen-bond donors (Lipinski definition) is 0. The van der Waals surface area contributed by atoms with E-state index in [0.29, 0.717) is 17.8 Å². The molecule has 1 aliphatic heterocycles. The van der Waals surface area contributed by atoms with Crippen LogP contribution in [-0.4, -0.2) is 48.9 Å². The molecule has 1 fully saturated rings. The molecular formula is C23H22BrN3O3S. The van der Waals surface area contributed by atoms with E-state index in [-0.39, 0.29) is 0 Å². The first-order chi connectivity index (χ1) is 15.1. The molecule has 1 aliphatic carbocycles. The van der Waals surface area contributed by atoms with E-state index in [1.807, 2.05) is 48.6 Å². The first-order valence-corrected chi connectivity index (χ1v) is 12.5. The number of benzene rings is 1. The number of nitrogens with zero attached hydrogens (tertiary/aromatic N) is 3. The number of halogens is 1. The van der Waals surface area contributed by atoms with Crippen LogP contribution in [-0.2, 0) is 14.8 Å². The van der Waals surface area contributed by atoms with Gasteiger partial charge in [0.1, 0.15) is 5.25 Å². The average Bonchev–Trinajstić information content (AvgIpc) is 3.22. The number of anilines is 1. The predicted octanol–water partition coefficient (Wildman–Crippen LogP) is 4.37. The molecule has 31 heavy (non-hydrogen) atoms. The lowest BCUT2D eigenvalue weighted by Crippen LogP contribution is -2.36. The number of hydrogen-bond acceptors (Lipinski definition) is 5. The Morgan fingerprint density at radius 1 is 1.06 bits per heavy atom. The number of rotatable bonds is 4. The van der Waals surface area contributed by atoms with Crippen LogP contribution in [0.5, 0.6) is 0 Å². The summed E-state index contributed by atoms with van der Waals surface area (Å²) in [5, 5.41) is 0.147. The van der Waals surface area contributed by atoms with Gasteiger partial charge in [-0.25, -0.2) is 17.4 Å². The summed E-state index contributed by atoms with van der Waals surface area (Å²) in [6.07, 6.45) is 9.36. The SMILES string of the molecule is O=S(=O)(C1C=CC=CC1)n1c(-c2ccc(N3CCOCC3)cc2)cc2c(Br)ccnc21. The Balaban J connectivity index is 1.63. The Morgan fingerprint density at radius 2 is 1.84 bits per heavy atom. The van der Waals surface area contributed by atoms with Gasteiger partial charge in [0.05, 0.1) is 18.9 Å². The van der Waals surface area contributed by atoms with E-state index in [1.165, 1.54) is 3.97 Å². The third kappa shape index (κ3) is 3.73. The van der Waals surface area contributed by atoms with Crippen LogP contribution < -0.4 is 4.90 Å². The summed E-state index contributed by atoms with van der Waals surface area (Å²) in [6, 6.07) is 11.8. The molecule has 1 saturated heterocycles. The number of fused-ring (bicyclic) bond motifs is 1. The molecule has 1 aromatic carbocycles. The summed E-state index contributed by atoms with van der Waals surface area (Å²) >= 11 is 3.55. The predicted molar refractivity (Wildman–Crippen MR) is 127 cm³/mol. The van der Waals surface area contributed by atoms with Crippen LogP contribution in [0.4, 0.5) is 5.69 Å². The first kappa shape index (κ1) is 20.5. The fourth-order valence-corrected chi connectivity index (χ4v) is 6.22. The zero-order valence-corrected chi connectivity index (χ0v) is 19.2. The zero-order valence-electron chi connectivity index (χ0n) is 16.8. The third-order valence-electron chi connectivity index (χ3n) is 5.73. The Labute approximate surface area is 190 Å². The molecule has 8 heteroatoms. The maximum atomic E-state index is 13.7. The van der Waals surface area contributed by atoms with E-state index in [2.05, 4.69) is 25.8 Å². The van der Waals surface area contributed by atoms with Gasteiger partial charge < -0.3 is 9.64 Å². The van der Waals surface area contributed by atoms with E-state index >= 15 is 0 Å². The number of allylic oxidation sites excluding steroid dienone is 3. The largest absolute Gasteiger partial charge is 0.378 e. The number of morpholine rings is 1. The van der Waals surface area contributed by atoms with Crippen LogP contribution in [0.1, 0.15) is 6.42 Å². The van der Waals surface area contributed by atoms with Crippen molar-refractivity contribution in [2.45, 2.75) is 11.7 Å². The molecule has 5 rings (SSSR count). The molecular weight excluding hydrogens is 478 g/mol. The van der Waals surface area contributed by atoms with Crippen LogP contribution in [0.15, 0.2) is 71.4 Å². The molecule has 1 unspecified atom stereocenters. The molecule has 1 atom stereocenters. The molecule has 0 bridgehead atoms. The molecule has 0 N–H and O–H groups in total. The van der Waals surface area contributed by atoms with Crippen molar-refractivity contribution in [1.82, 2.24) is 8.96 Å². The van der Waals surface area contributed by atoms with Crippen LogP contribution in [0, 0.1) is 0 Å². The molecule has 0 spiro atoms. The Morgan fingerprint density at radius 3 is 2.55 bits per heavy atom. The van der Waals surface area contributed by atoms with Gasteiger partial charge in [-0.15, -0.1) is 0 Å². The second kappa shape index (κ2) is 8.26. The summed E-state index contributed by atoms with van der Waals surface area (Å²) in [5.74, 6) is 0. The summed E-state index contributed by atoms with van der Waals surface area (Å²) < 4.78 is 35.0. The van der Waals surface area contributed by atoms with Crippen molar-refractivity contribution in [1.29, 1.82) is 0 Å². The molecule has 160 valence electrons. The van der Waals surface area contributed by atoms with Crippen LogP contribution in [0.25, 0.3) is 22.3 Å². The lowest BCUT2D eigenvalue weighted by atomic mass is 10.1. The molecule has 6 nitrogen and oxygen atoms in total. The van der Waals surface area contributed by atoms with Gasteiger partial charge in [-0.1, -0.05) is 36.4 Å². The Bertz CT molecular complexity index is 1270. The van der Waals surface area contributed by atoms with Crippen molar-refractivity contribution < 1.29 is 13.2 Å². The highest BCUT2D eigenvalue weighted by molar-refractivity contribution is 9.10. The normalized spacial score (nSPS) is 19.3. The first-order valence-electron chi connectivity index (χ1n) is 10.2. The highest BCUT2D eigenvalue weighted by atomic mass is 79.9. The van der Waals surface area contributed by atoms with E-state index < -0.39 is 15.3 Å². The Hall–Kier alpha value is -2.42. The van der Waals surface area contributed by atoms with E-state index in [1.54, 1.807) is 18.3 Å². The van der Waals surface area contributed by atoms with Crippen molar-refractivity contribution in [3.05, 3.63) is 71.4 Å². The number of pyridine rings is 1. The smallest absolute Gasteiger partial charge is 0.247 e. The summed E-state index contributed by atoms with van der Waals surface area (Å²) in [5.41, 5.74) is 2.99. The molecule has 2 aliphatic rings. The van der Waals surface area contributed by atoms with Crippen LogP contribution in [0.2, 0.25) is 0 Å². The van der Waals surface area contributed by atoms with Gasteiger partial charge in [-0.2, -0.15) is 0 Å². The van der Waals surface area contributed by atoms with Crippen molar-refractivity contribution in [3.63, 3.8) is 0 Å². The standard InChI is InChI=1S/C23H22BrN3O3S/c24-21-10-11-25-23-20(21)16-22(27(23)31(28,29)19-4-2-1-3-5-19)17-6-8-18(9-7-17)26-12-14-30-15-13-26/h1-4,6-11,16,19H,5,12-15H2. The second-order valence-electron chi connectivity index (χ2n) is 7.60. The molecule has 3 aromatic rings. The minimum absolute atomic E-state index is 0.435. The number of ether oxygens (including phenoxy) is 1. The third-order valence-corrected chi connectivity index (χ3v) is 8.41. The van der Waals surface area contributed by atoms with Gasteiger partial charge in [0.25, 0.3) is 0 Å². The molecule has 0 amide bonds. The minimum atomic E-state index is -3.70. The quantitative estimate of drug-likeness (QED) is 0.533. The van der Waals surface area contributed by atoms with Crippen LogP contribution in [0.3, 0.4) is 0 Å². The Kier molecular flexibility index (Phi) is 5.45. The monoisotopic (exact) mass is 499 g/mol. The molecule has 2 aromatic heterocycles. The average molecular weight is 500 g/mol. The highest BCUT2D eigenvalue weighted by Gasteiger charge is 2.30. The van der Waals surface area contributed by atoms with Crippen molar-refractivity contribution in [3.8, 4) is 11.3 Å². The van der Waals surface area contributed by atoms with Gasteiger partial charge in [-0.3, -0.25) is 0 Å². The fraction of sp³-hybridized carbons (Fsp3) is 0.261. The van der Waals surface area contributed by atoms with E-state index in [9.17, 15) is 8.42 Å². The lowest BCUT2D eigenvalue weighted by Gasteiger charge is -2.29. The van der Waals surface area contributed by atoms with Gasteiger partial charge >= 0.3 is 0 Å². The van der Waals surface area contributed by atoms with Crippen molar-refractivity contribution in [2.75, 3.05) is 31.2 Å². The molecule has 0 saturated carbocycles. The van der Waals surface area contributed by atoms with Gasteiger partial charge in [-0.05, 0) is 52.2 Å².